The van der Waals surface area contributed by atoms with Gasteiger partial charge >= 0.3 is 5.69 Å². The lowest BCUT2D eigenvalue weighted by atomic mass is 10.1. The number of hydrazone groups is 1. The van der Waals surface area contributed by atoms with E-state index in [0.717, 1.165) is 11.1 Å². The van der Waals surface area contributed by atoms with Crippen LogP contribution in [0.5, 0.6) is 5.75 Å². The molecule has 1 amide bonds. The number of nitrogens with zero attached hydrogens (tertiary/aromatic N) is 2. The van der Waals surface area contributed by atoms with Crippen LogP contribution in [0, 0.1) is 5.82 Å². The zero-order chi connectivity index (χ0) is 23.0. The Hall–Kier alpha value is -4.59. The summed E-state index contributed by atoms with van der Waals surface area (Å²) in [4.78, 5) is 30.4. The fourth-order valence-corrected chi connectivity index (χ4v) is 2.97. The molecule has 0 aliphatic carbocycles. The average Bonchev–Trinajstić information content (AvgIpc) is 2.84. The number of ether oxygens (including phenoxy) is 1. The molecule has 33 heavy (non-hydrogen) atoms. The summed E-state index contributed by atoms with van der Waals surface area (Å²) in [6.45, 7) is 0.467. The molecule has 2 N–H and O–H groups in total. The van der Waals surface area contributed by atoms with Gasteiger partial charge < -0.3 is 9.72 Å². The molecule has 1 aromatic heterocycles. The van der Waals surface area contributed by atoms with Gasteiger partial charge in [0.15, 0.2) is 0 Å². The predicted octanol–water partition coefficient (Wildman–Crippen LogP) is 3.92. The Morgan fingerprint density at radius 1 is 1.03 bits per heavy atom. The minimum Gasteiger partial charge on any atom is -0.489 e. The van der Waals surface area contributed by atoms with E-state index in [2.05, 4.69) is 20.5 Å². The van der Waals surface area contributed by atoms with Crippen LogP contribution in [0.15, 0.2) is 94.8 Å². The van der Waals surface area contributed by atoms with Crippen LogP contribution in [0.2, 0.25) is 0 Å². The first-order valence-corrected chi connectivity index (χ1v) is 10.0. The first kappa shape index (κ1) is 21.6. The Labute approximate surface area is 188 Å². The molecule has 0 spiro atoms. The summed E-state index contributed by atoms with van der Waals surface area (Å²) in [7, 11) is 0. The molecular formula is C25H19FN4O3. The fourth-order valence-electron chi connectivity index (χ4n) is 2.97. The van der Waals surface area contributed by atoms with E-state index in [4.69, 9.17) is 4.74 Å². The molecule has 0 radical (unpaired) electrons. The second kappa shape index (κ2) is 10.1. The van der Waals surface area contributed by atoms with Crippen LogP contribution in [-0.2, 0) is 6.61 Å². The monoisotopic (exact) mass is 442 g/mol. The first-order chi connectivity index (χ1) is 16.1. The summed E-state index contributed by atoms with van der Waals surface area (Å²) in [6, 6.07) is 23.9. The van der Waals surface area contributed by atoms with Crippen LogP contribution in [0.1, 0.15) is 21.6 Å². The summed E-state index contributed by atoms with van der Waals surface area (Å²) < 4.78 is 18.9. The number of aromatic amines is 1. The first-order valence-electron chi connectivity index (χ1n) is 10.0. The predicted molar refractivity (Wildman–Crippen MR) is 123 cm³/mol. The lowest BCUT2D eigenvalue weighted by Crippen LogP contribution is -2.24. The van der Waals surface area contributed by atoms with Crippen molar-refractivity contribution in [1.82, 2.24) is 15.4 Å². The molecule has 0 aliphatic rings. The van der Waals surface area contributed by atoms with Gasteiger partial charge in [0.1, 0.15) is 23.9 Å². The van der Waals surface area contributed by atoms with Crippen molar-refractivity contribution < 1.29 is 13.9 Å². The summed E-state index contributed by atoms with van der Waals surface area (Å²) in [5.41, 5.74) is 4.23. The van der Waals surface area contributed by atoms with Crippen molar-refractivity contribution in [1.29, 1.82) is 0 Å². The maximum Gasteiger partial charge on any atom is 0.346 e. The molecule has 7 nitrogen and oxygen atoms in total. The lowest BCUT2D eigenvalue weighted by molar-refractivity contribution is 0.0949. The normalized spacial score (nSPS) is 10.8. The molecule has 8 heteroatoms. The van der Waals surface area contributed by atoms with Gasteiger partial charge in [-0.3, -0.25) is 4.79 Å². The van der Waals surface area contributed by atoms with Crippen molar-refractivity contribution in [2.45, 2.75) is 6.61 Å². The largest absolute Gasteiger partial charge is 0.489 e. The van der Waals surface area contributed by atoms with E-state index in [-0.39, 0.29) is 11.4 Å². The molecule has 4 rings (SSSR count). The van der Waals surface area contributed by atoms with Crippen LogP contribution in [0.25, 0.3) is 11.3 Å². The maximum absolute atomic E-state index is 13.1. The van der Waals surface area contributed by atoms with Crippen LogP contribution in [0.3, 0.4) is 0 Å². The van der Waals surface area contributed by atoms with Crippen LogP contribution < -0.4 is 15.9 Å². The van der Waals surface area contributed by atoms with Crippen molar-refractivity contribution in [3.63, 3.8) is 0 Å². The second-order valence-corrected chi connectivity index (χ2v) is 7.03. The van der Waals surface area contributed by atoms with Gasteiger partial charge in [0.25, 0.3) is 5.91 Å². The number of rotatable bonds is 7. The van der Waals surface area contributed by atoms with Gasteiger partial charge in [-0.25, -0.2) is 14.6 Å². The minimum absolute atomic E-state index is 0.0175. The average molecular weight is 442 g/mol. The van der Waals surface area contributed by atoms with Gasteiger partial charge in [-0.15, -0.1) is 0 Å². The van der Waals surface area contributed by atoms with Crippen molar-refractivity contribution in [2.75, 3.05) is 0 Å². The number of aromatic nitrogens is 2. The number of amides is 1. The molecule has 0 bridgehead atoms. The van der Waals surface area contributed by atoms with E-state index in [0.29, 0.717) is 17.9 Å². The topological polar surface area (TPSA) is 96.4 Å². The summed E-state index contributed by atoms with van der Waals surface area (Å²) in [5, 5.41) is 3.93. The van der Waals surface area contributed by atoms with E-state index in [1.54, 1.807) is 24.3 Å². The number of nitrogens with one attached hydrogen (secondary N) is 2. The number of halogens is 1. The molecule has 0 unspecified atom stereocenters. The van der Waals surface area contributed by atoms with Gasteiger partial charge in [0.05, 0.1) is 11.9 Å². The molecule has 1 heterocycles. The quantitative estimate of drug-likeness (QED) is 0.335. The van der Waals surface area contributed by atoms with Gasteiger partial charge in [0, 0.05) is 5.56 Å². The zero-order valence-corrected chi connectivity index (χ0v) is 17.4. The molecule has 0 saturated heterocycles. The number of benzene rings is 3. The number of hydrogen-bond donors (Lipinski definition) is 2. The summed E-state index contributed by atoms with van der Waals surface area (Å²) >= 11 is 0. The zero-order valence-electron chi connectivity index (χ0n) is 17.4. The molecule has 164 valence electrons. The number of hydrogen-bond acceptors (Lipinski definition) is 5. The van der Waals surface area contributed by atoms with Gasteiger partial charge in [-0.05, 0) is 65.7 Å². The van der Waals surface area contributed by atoms with Crippen molar-refractivity contribution in [3.8, 4) is 17.0 Å². The molecule has 0 fully saturated rings. The standard InChI is InChI=1S/C25H19FN4O3/c26-20-10-8-19(9-11-20)22-14-23(29-25(32)28-22)24(31)30-27-15-17-6-12-21(13-7-17)33-16-18-4-2-1-3-5-18/h1-15H,16H2,(H,30,31)(H,28,29,32)/b27-15+. The van der Waals surface area contributed by atoms with Gasteiger partial charge in [-0.1, -0.05) is 30.3 Å². The molecule has 4 aromatic rings. The van der Waals surface area contributed by atoms with Crippen LogP contribution in [-0.4, -0.2) is 22.1 Å². The fraction of sp³-hybridized carbons (Fsp3) is 0.0400. The molecular weight excluding hydrogens is 423 g/mol. The third-order valence-electron chi connectivity index (χ3n) is 4.64. The lowest BCUT2D eigenvalue weighted by Gasteiger charge is -2.06. The van der Waals surface area contributed by atoms with Crippen molar-refractivity contribution in [3.05, 3.63) is 118 Å². The third kappa shape index (κ3) is 5.98. The molecule has 0 atom stereocenters. The Balaban J connectivity index is 1.37. The van der Waals surface area contributed by atoms with Crippen LogP contribution >= 0.6 is 0 Å². The highest BCUT2D eigenvalue weighted by Gasteiger charge is 2.10. The highest BCUT2D eigenvalue weighted by atomic mass is 19.1. The van der Waals surface area contributed by atoms with Crippen molar-refractivity contribution in [2.24, 2.45) is 5.10 Å². The third-order valence-corrected chi connectivity index (χ3v) is 4.64. The Bertz CT molecular complexity index is 1320. The highest BCUT2D eigenvalue weighted by molar-refractivity contribution is 5.93. The molecule has 3 aromatic carbocycles. The molecule has 0 saturated carbocycles. The number of H-pyrrole nitrogens is 1. The number of carbonyl (C=O) groups is 1. The number of carbonyl (C=O) groups excluding carboxylic acids is 1. The SMILES string of the molecule is O=C(N/N=C/c1ccc(OCc2ccccc2)cc1)c1cc(-c2ccc(F)cc2)nc(=O)[nH]1. The van der Waals surface area contributed by atoms with E-state index in [1.165, 1.54) is 36.5 Å². The van der Waals surface area contributed by atoms with E-state index < -0.39 is 17.4 Å². The van der Waals surface area contributed by atoms with E-state index in [9.17, 15) is 14.0 Å². The van der Waals surface area contributed by atoms with E-state index >= 15 is 0 Å². The van der Waals surface area contributed by atoms with Crippen LogP contribution in [0.4, 0.5) is 4.39 Å². The van der Waals surface area contributed by atoms with Crippen molar-refractivity contribution >= 4 is 12.1 Å². The maximum atomic E-state index is 13.1. The smallest absolute Gasteiger partial charge is 0.346 e. The Kier molecular flexibility index (Phi) is 6.65. The highest BCUT2D eigenvalue weighted by Crippen LogP contribution is 2.17. The Morgan fingerprint density at radius 2 is 1.76 bits per heavy atom. The van der Waals surface area contributed by atoms with Gasteiger partial charge in [-0.2, -0.15) is 10.1 Å². The Morgan fingerprint density at radius 3 is 2.48 bits per heavy atom. The summed E-state index contributed by atoms with van der Waals surface area (Å²) in [5.74, 6) is -0.314. The van der Waals surface area contributed by atoms with Gasteiger partial charge in [0.2, 0.25) is 0 Å². The molecule has 0 aliphatic heterocycles. The van der Waals surface area contributed by atoms with E-state index in [1.807, 2.05) is 30.3 Å². The minimum atomic E-state index is -0.697. The summed E-state index contributed by atoms with van der Waals surface area (Å²) in [6.07, 6.45) is 1.47. The second-order valence-electron chi connectivity index (χ2n) is 7.03.